The highest BCUT2D eigenvalue weighted by atomic mass is 35.5. The summed E-state index contributed by atoms with van der Waals surface area (Å²) in [6, 6.07) is 25.3. The molecule has 2 bridgehead atoms. The SMILES string of the molecule is O=C(C[N+]12CCC(CC1)[C@@H](OC(=O)C(O)(c1ccccc1)c1ccccc1)C2)NCc1ccc(Cl)cc1.O=C([O-])C(F)(F)F. The average molecular weight is 633 g/mol. The molecule has 3 aromatic rings. The van der Waals surface area contributed by atoms with Gasteiger partial charge in [-0.3, -0.25) is 4.79 Å². The lowest BCUT2D eigenvalue weighted by Crippen LogP contribution is -2.66. The highest BCUT2D eigenvalue weighted by molar-refractivity contribution is 6.30. The van der Waals surface area contributed by atoms with Gasteiger partial charge in [0.05, 0.1) is 13.1 Å². The monoisotopic (exact) mass is 632 g/mol. The Bertz CT molecular complexity index is 1390. The third-order valence-electron chi connectivity index (χ3n) is 8.09. The van der Waals surface area contributed by atoms with Crippen molar-refractivity contribution < 1.29 is 47.0 Å². The summed E-state index contributed by atoms with van der Waals surface area (Å²) in [5.74, 6) is -3.47. The number of alkyl halides is 3. The Kier molecular flexibility index (Phi) is 10.3. The number of carbonyl (C=O) groups is 3. The van der Waals surface area contributed by atoms with Crippen molar-refractivity contribution in [1.29, 1.82) is 0 Å². The number of halogens is 4. The minimum absolute atomic E-state index is 0.0227. The van der Waals surface area contributed by atoms with Crippen LogP contribution in [0.1, 0.15) is 29.5 Å². The van der Waals surface area contributed by atoms with Crippen LogP contribution in [0.3, 0.4) is 0 Å². The van der Waals surface area contributed by atoms with Crippen LogP contribution in [-0.2, 0) is 31.3 Å². The number of carbonyl (C=O) groups excluding carboxylic acids is 3. The molecule has 2 N–H and O–H groups in total. The van der Waals surface area contributed by atoms with Gasteiger partial charge in [0.1, 0.15) is 12.5 Å². The fourth-order valence-electron chi connectivity index (χ4n) is 5.72. The molecule has 3 aliphatic rings. The van der Waals surface area contributed by atoms with Gasteiger partial charge >= 0.3 is 12.1 Å². The summed E-state index contributed by atoms with van der Waals surface area (Å²) in [6.07, 6.45) is -3.77. The third kappa shape index (κ3) is 7.96. The quantitative estimate of drug-likeness (QED) is 0.291. The van der Waals surface area contributed by atoms with Crippen LogP contribution in [0.2, 0.25) is 5.02 Å². The molecule has 0 saturated carbocycles. The molecule has 12 heteroatoms. The number of amides is 1. The number of nitrogens with one attached hydrogen (secondary N) is 1. The smallest absolute Gasteiger partial charge is 0.430 e. The van der Waals surface area contributed by atoms with Crippen molar-refractivity contribution in [2.45, 2.75) is 37.3 Å². The summed E-state index contributed by atoms with van der Waals surface area (Å²) >= 11 is 5.95. The normalized spacial score (nSPS) is 21.0. The Morgan fingerprint density at radius 1 is 0.909 bits per heavy atom. The van der Waals surface area contributed by atoms with Gasteiger partial charge in [0, 0.05) is 30.3 Å². The number of rotatable bonds is 8. The molecular weight excluding hydrogens is 601 g/mol. The maximum Gasteiger partial charge on any atom is 0.430 e. The Morgan fingerprint density at radius 3 is 1.89 bits per heavy atom. The lowest BCUT2D eigenvalue weighted by atomic mass is 9.82. The number of hydrogen-bond acceptors (Lipinski definition) is 6. The van der Waals surface area contributed by atoms with Crippen LogP contribution in [0.25, 0.3) is 0 Å². The first-order valence-corrected chi connectivity index (χ1v) is 14.4. The Hall–Kier alpha value is -3.93. The second-order valence-electron chi connectivity index (χ2n) is 11.0. The Labute approximate surface area is 257 Å². The first-order chi connectivity index (χ1) is 20.8. The number of nitrogens with zero attached hydrogens (tertiary/aromatic N) is 1. The first-order valence-electron chi connectivity index (χ1n) is 14.0. The molecule has 1 amide bonds. The molecule has 8 nitrogen and oxygen atoms in total. The lowest BCUT2D eigenvalue weighted by molar-refractivity contribution is -0.939. The van der Waals surface area contributed by atoms with E-state index in [4.69, 9.17) is 26.2 Å². The van der Waals surface area contributed by atoms with Gasteiger partial charge < -0.3 is 29.5 Å². The van der Waals surface area contributed by atoms with Gasteiger partial charge in [-0.25, -0.2) is 4.79 Å². The van der Waals surface area contributed by atoms with E-state index in [1.54, 1.807) is 48.5 Å². The van der Waals surface area contributed by atoms with Gasteiger partial charge in [-0.05, 0) is 28.8 Å². The summed E-state index contributed by atoms with van der Waals surface area (Å²) in [6.45, 7) is 3.13. The highest BCUT2D eigenvalue weighted by Crippen LogP contribution is 2.38. The zero-order chi connectivity index (χ0) is 32.0. The first kappa shape index (κ1) is 33.0. The van der Waals surface area contributed by atoms with Crippen molar-refractivity contribution in [2.75, 3.05) is 26.2 Å². The summed E-state index contributed by atoms with van der Waals surface area (Å²) in [5, 5.41) is 24.2. The largest absolute Gasteiger partial charge is 0.542 e. The Morgan fingerprint density at radius 2 is 1.41 bits per heavy atom. The van der Waals surface area contributed by atoms with E-state index < -0.39 is 23.7 Å². The van der Waals surface area contributed by atoms with Crippen LogP contribution < -0.4 is 10.4 Å². The van der Waals surface area contributed by atoms with Crippen LogP contribution >= 0.6 is 11.6 Å². The standard InChI is InChI=1S/C30H31ClN2O4.C2HF3O2/c31-26-13-11-22(12-14-26)19-32-28(34)21-33-17-15-23(16-18-33)27(20-33)37-29(35)30(36,24-7-3-1-4-8-24)25-9-5-2-6-10-25;3-2(4,5)1(6)7/h1-14,23,27,36H,15-21H2;(H,6,7)/t23?,27-,33?;/m0./s1. The van der Waals surface area contributed by atoms with E-state index in [0.717, 1.165) is 31.5 Å². The van der Waals surface area contributed by atoms with Crippen molar-refractivity contribution in [3.63, 3.8) is 0 Å². The number of aliphatic hydroxyl groups is 1. The molecule has 0 unspecified atom stereocenters. The van der Waals surface area contributed by atoms with Crippen LogP contribution in [0.15, 0.2) is 84.9 Å². The number of piperidine rings is 3. The topological polar surface area (TPSA) is 116 Å². The second kappa shape index (κ2) is 13.8. The molecule has 6 rings (SSSR count). The summed E-state index contributed by atoms with van der Waals surface area (Å²) < 4.78 is 38.2. The lowest BCUT2D eigenvalue weighted by Gasteiger charge is -2.51. The van der Waals surface area contributed by atoms with Crippen molar-refractivity contribution in [3.8, 4) is 0 Å². The molecule has 0 spiro atoms. The van der Waals surface area contributed by atoms with E-state index in [1.807, 2.05) is 36.4 Å². The van der Waals surface area contributed by atoms with E-state index in [1.165, 1.54) is 0 Å². The molecule has 3 saturated heterocycles. The number of benzene rings is 3. The molecule has 1 atom stereocenters. The molecular formula is C32H32ClF3N2O6. The highest BCUT2D eigenvalue weighted by Gasteiger charge is 2.51. The molecule has 0 aromatic heterocycles. The van der Waals surface area contributed by atoms with Gasteiger partial charge in [-0.15, -0.1) is 0 Å². The molecule has 0 radical (unpaired) electrons. The molecule has 3 aromatic carbocycles. The van der Waals surface area contributed by atoms with E-state index in [9.17, 15) is 27.9 Å². The number of aliphatic carboxylic acids is 1. The minimum Gasteiger partial charge on any atom is -0.542 e. The van der Waals surface area contributed by atoms with E-state index in [2.05, 4.69) is 5.32 Å². The van der Waals surface area contributed by atoms with Crippen molar-refractivity contribution in [2.24, 2.45) is 5.92 Å². The Balaban J connectivity index is 0.000000566. The second-order valence-corrected chi connectivity index (χ2v) is 11.5. The molecule has 0 aliphatic carbocycles. The number of quaternary nitrogens is 1. The molecule has 44 heavy (non-hydrogen) atoms. The summed E-state index contributed by atoms with van der Waals surface area (Å²) in [7, 11) is 0. The van der Waals surface area contributed by atoms with Crippen molar-refractivity contribution in [1.82, 2.24) is 5.32 Å². The van der Waals surface area contributed by atoms with E-state index in [-0.39, 0.29) is 17.9 Å². The van der Waals surface area contributed by atoms with Crippen LogP contribution in [-0.4, -0.2) is 65.9 Å². The predicted octanol–water partition coefficient (Wildman–Crippen LogP) is 3.34. The number of esters is 1. The molecule has 3 fully saturated rings. The fraction of sp³-hybridized carbons (Fsp3) is 0.344. The average Bonchev–Trinajstić information content (AvgIpc) is 3.01. The predicted molar refractivity (Wildman–Crippen MR) is 153 cm³/mol. The van der Waals surface area contributed by atoms with Gasteiger partial charge in [0.15, 0.2) is 12.6 Å². The van der Waals surface area contributed by atoms with E-state index >= 15 is 0 Å². The third-order valence-corrected chi connectivity index (χ3v) is 8.34. The maximum atomic E-state index is 13.7. The fourth-order valence-corrected chi connectivity index (χ4v) is 5.85. The molecule has 234 valence electrons. The van der Waals surface area contributed by atoms with Gasteiger partial charge in [-0.1, -0.05) is 84.4 Å². The van der Waals surface area contributed by atoms with Crippen molar-refractivity contribution >= 4 is 29.4 Å². The number of carboxylic acid groups (broad SMARTS) is 1. The van der Waals surface area contributed by atoms with Gasteiger partial charge in [-0.2, -0.15) is 13.2 Å². The van der Waals surface area contributed by atoms with Crippen LogP contribution in [0.4, 0.5) is 13.2 Å². The molecule has 3 heterocycles. The number of carboxylic acids is 1. The van der Waals surface area contributed by atoms with Crippen molar-refractivity contribution in [3.05, 3.63) is 107 Å². The van der Waals surface area contributed by atoms with Gasteiger partial charge in [0.25, 0.3) is 5.91 Å². The van der Waals surface area contributed by atoms with Crippen LogP contribution in [0, 0.1) is 5.92 Å². The maximum absolute atomic E-state index is 13.7. The number of ether oxygens (including phenoxy) is 1. The zero-order valence-corrected chi connectivity index (χ0v) is 24.4. The molecule has 3 aliphatic heterocycles. The van der Waals surface area contributed by atoms with Crippen LogP contribution in [0.5, 0.6) is 0 Å². The number of hydrogen-bond donors (Lipinski definition) is 2. The minimum atomic E-state index is -5.19. The van der Waals surface area contributed by atoms with E-state index in [0.29, 0.717) is 40.3 Å². The van der Waals surface area contributed by atoms with Gasteiger partial charge in [0.2, 0.25) is 5.60 Å². The zero-order valence-electron chi connectivity index (χ0n) is 23.6. The summed E-state index contributed by atoms with van der Waals surface area (Å²) in [4.78, 5) is 35.3. The summed E-state index contributed by atoms with van der Waals surface area (Å²) in [5.41, 5.74) is 0.0221. The number of fused-ring (bicyclic) bond motifs is 3.